The number of esters is 1. The Bertz CT molecular complexity index is 1180. The molecule has 1 aliphatic heterocycles. The van der Waals surface area contributed by atoms with Crippen LogP contribution in [-0.2, 0) is 19.0 Å². The first-order valence-electron chi connectivity index (χ1n) is 13.4. The lowest BCUT2D eigenvalue weighted by Crippen LogP contribution is -2.67. The lowest BCUT2D eigenvalue weighted by Gasteiger charge is -2.52. The van der Waals surface area contributed by atoms with E-state index in [4.69, 9.17) is 18.6 Å². The second-order valence-corrected chi connectivity index (χ2v) is 12.7. The van der Waals surface area contributed by atoms with E-state index in [1.165, 1.54) is 6.26 Å². The number of carbonyl (C=O) groups excluding carboxylic acids is 2. The highest BCUT2D eigenvalue weighted by atomic mass is 16.7. The first-order chi connectivity index (χ1) is 17.2. The van der Waals surface area contributed by atoms with Gasteiger partial charge in [-0.05, 0) is 63.5 Å². The quantitative estimate of drug-likeness (QED) is 0.429. The monoisotopic (exact) mass is 512 g/mol. The SMILES string of the molecule is CC1=C[C@@]23CCC[C@H](C)C(C)(C)[C@H](C=C4COC(C)(C)O[C@H]4[C@]2(O)[C@H]1OC(=O)c1c(C)coc1C)C3=O. The second kappa shape index (κ2) is 8.39. The number of furan rings is 1. The Labute approximate surface area is 219 Å². The van der Waals surface area contributed by atoms with E-state index in [2.05, 4.69) is 20.8 Å². The van der Waals surface area contributed by atoms with E-state index < -0.39 is 40.9 Å². The van der Waals surface area contributed by atoms with Crippen molar-refractivity contribution in [1.82, 2.24) is 0 Å². The third kappa shape index (κ3) is 3.64. The summed E-state index contributed by atoms with van der Waals surface area (Å²) in [6, 6.07) is 0. The number of Topliss-reactive ketones (excluding diaryl/α,β-unsaturated/α-hetero) is 1. The first-order valence-corrected chi connectivity index (χ1v) is 13.4. The molecule has 2 bridgehead atoms. The third-order valence-corrected chi connectivity index (χ3v) is 9.70. The molecule has 1 N–H and O–H groups in total. The minimum absolute atomic E-state index is 0.0385. The van der Waals surface area contributed by atoms with Crippen LogP contribution in [0.5, 0.6) is 0 Å². The topological polar surface area (TPSA) is 95.2 Å². The molecule has 1 aromatic rings. The molecule has 1 saturated heterocycles. The highest BCUT2D eigenvalue weighted by Crippen LogP contribution is 2.61. The summed E-state index contributed by atoms with van der Waals surface area (Å²) in [5.41, 5.74) is -1.05. The third-order valence-electron chi connectivity index (χ3n) is 9.70. The summed E-state index contributed by atoms with van der Waals surface area (Å²) >= 11 is 0. The molecule has 0 amide bonds. The van der Waals surface area contributed by atoms with Gasteiger partial charge in [-0.3, -0.25) is 4.79 Å². The van der Waals surface area contributed by atoms with Gasteiger partial charge in [-0.1, -0.05) is 45.8 Å². The van der Waals surface area contributed by atoms with E-state index in [0.717, 1.165) is 18.4 Å². The molecule has 0 radical (unpaired) electrons. The highest BCUT2D eigenvalue weighted by molar-refractivity contribution is 5.96. The van der Waals surface area contributed by atoms with Crippen LogP contribution in [0.15, 0.2) is 34.0 Å². The van der Waals surface area contributed by atoms with E-state index in [1.807, 2.05) is 19.1 Å². The maximum atomic E-state index is 14.7. The fourth-order valence-electron chi connectivity index (χ4n) is 7.14. The molecule has 3 aliphatic carbocycles. The number of ketones is 1. The van der Waals surface area contributed by atoms with E-state index in [9.17, 15) is 14.7 Å². The van der Waals surface area contributed by atoms with Crippen LogP contribution in [0.4, 0.5) is 0 Å². The minimum atomic E-state index is -1.83. The Morgan fingerprint density at radius 3 is 2.51 bits per heavy atom. The molecule has 6 atom stereocenters. The van der Waals surface area contributed by atoms with E-state index >= 15 is 0 Å². The van der Waals surface area contributed by atoms with Crippen molar-refractivity contribution in [2.75, 3.05) is 6.61 Å². The Balaban J connectivity index is 1.70. The number of aryl methyl sites for hydroxylation is 2. The molecule has 0 unspecified atom stereocenters. The molecule has 1 saturated carbocycles. The average molecular weight is 513 g/mol. The molecule has 7 nitrogen and oxygen atoms in total. The largest absolute Gasteiger partial charge is 0.468 e. The van der Waals surface area contributed by atoms with Crippen LogP contribution in [0.25, 0.3) is 0 Å². The van der Waals surface area contributed by atoms with Gasteiger partial charge in [-0.25, -0.2) is 4.79 Å². The highest BCUT2D eigenvalue weighted by Gasteiger charge is 2.72. The van der Waals surface area contributed by atoms with Gasteiger partial charge >= 0.3 is 5.97 Å². The zero-order valence-electron chi connectivity index (χ0n) is 23.3. The van der Waals surface area contributed by atoms with Gasteiger partial charge in [0.05, 0.1) is 18.3 Å². The van der Waals surface area contributed by atoms with Crippen molar-refractivity contribution in [3.05, 3.63) is 46.4 Å². The Morgan fingerprint density at radius 2 is 1.86 bits per heavy atom. The van der Waals surface area contributed by atoms with Crippen LogP contribution in [0.3, 0.4) is 0 Å². The molecule has 2 fully saturated rings. The Hall–Kier alpha value is -2.22. The fourth-order valence-corrected chi connectivity index (χ4v) is 7.14. The maximum Gasteiger partial charge on any atom is 0.342 e. The molecular formula is C30H40O7. The fraction of sp³-hybridized carbons (Fsp3) is 0.667. The predicted molar refractivity (Wildman–Crippen MR) is 137 cm³/mol. The maximum absolute atomic E-state index is 14.7. The van der Waals surface area contributed by atoms with Crippen LogP contribution in [0.2, 0.25) is 0 Å². The zero-order chi connectivity index (χ0) is 27.1. The number of hydrogen-bond acceptors (Lipinski definition) is 7. The van der Waals surface area contributed by atoms with Crippen molar-refractivity contribution in [3.63, 3.8) is 0 Å². The van der Waals surface area contributed by atoms with Gasteiger partial charge in [0.1, 0.15) is 17.4 Å². The van der Waals surface area contributed by atoms with Crippen molar-refractivity contribution >= 4 is 11.8 Å². The average Bonchev–Trinajstić information content (AvgIpc) is 3.23. The normalized spacial score (nSPS) is 38.4. The minimum Gasteiger partial charge on any atom is -0.468 e. The van der Waals surface area contributed by atoms with Gasteiger partial charge in [0.15, 0.2) is 23.3 Å². The van der Waals surface area contributed by atoms with Crippen LogP contribution in [-0.4, -0.2) is 47.1 Å². The summed E-state index contributed by atoms with van der Waals surface area (Å²) in [7, 11) is 0. The van der Waals surface area contributed by atoms with Crippen molar-refractivity contribution in [1.29, 1.82) is 0 Å². The summed E-state index contributed by atoms with van der Waals surface area (Å²) in [5.74, 6) is -1.31. The zero-order valence-corrected chi connectivity index (χ0v) is 23.3. The predicted octanol–water partition coefficient (Wildman–Crippen LogP) is 5.22. The number of aliphatic hydroxyl groups is 1. The van der Waals surface area contributed by atoms with Crippen molar-refractivity contribution in [2.45, 2.75) is 98.2 Å². The second-order valence-electron chi connectivity index (χ2n) is 12.7. The lowest BCUT2D eigenvalue weighted by molar-refractivity contribution is -0.300. The van der Waals surface area contributed by atoms with Crippen LogP contribution >= 0.6 is 0 Å². The van der Waals surface area contributed by atoms with Crippen LogP contribution < -0.4 is 0 Å². The Morgan fingerprint density at radius 1 is 1.16 bits per heavy atom. The molecule has 0 aromatic carbocycles. The number of ether oxygens (including phenoxy) is 3. The summed E-state index contributed by atoms with van der Waals surface area (Å²) in [6.07, 6.45) is 5.57. The Kier molecular flexibility index (Phi) is 5.98. The lowest BCUT2D eigenvalue weighted by atomic mass is 9.56. The molecular weight excluding hydrogens is 472 g/mol. The number of fused-ring (bicyclic) bond motifs is 3. The van der Waals surface area contributed by atoms with Gasteiger partial charge in [-0.15, -0.1) is 0 Å². The summed E-state index contributed by atoms with van der Waals surface area (Å²) in [4.78, 5) is 28.2. The van der Waals surface area contributed by atoms with Crippen molar-refractivity contribution in [2.24, 2.45) is 22.7 Å². The van der Waals surface area contributed by atoms with Gasteiger partial charge in [0, 0.05) is 11.5 Å². The van der Waals surface area contributed by atoms with E-state index in [-0.39, 0.29) is 17.8 Å². The van der Waals surface area contributed by atoms with E-state index in [1.54, 1.807) is 27.7 Å². The van der Waals surface area contributed by atoms with Gasteiger partial charge in [0.25, 0.3) is 0 Å². The molecule has 1 aromatic heterocycles. The molecule has 37 heavy (non-hydrogen) atoms. The van der Waals surface area contributed by atoms with E-state index in [0.29, 0.717) is 34.8 Å². The van der Waals surface area contributed by atoms with Crippen LogP contribution in [0, 0.1) is 36.5 Å². The van der Waals surface area contributed by atoms with Crippen molar-refractivity contribution < 1.29 is 33.3 Å². The van der Waals surface area contributed by atoms with Gasteiger partial charge in [0.2, 0.25) is 0 Å². The molecule has 7 heteroatoms. The van der Waals surface area contributed by atoms with Crippen LogP contribution in [0.1, 0.15) is 82.5 Å². The van der Waals surface area contributed by atoms with Gasteiger partial charge < -0.3 is 23.7 Å². The van der Waals surface area contributed by atoms with Crippen molar-refractivity contribution in [3.8, 4) is 0 Å². The number of rotatable bonds is 2. The summed E-state index contributed by atoms with van der Waals surface area (Å²) in [6.45, 7) is 15.6. The first kappa shape index (κ1) is 26.4. The smallest absolute Gasteiger partial charge is 0.342 e. The molecule has 202 valence electrons. The number of carbonyl (C=O) groups is 2. The summed E-state index contributed by atoms with van der Waals surface area (Å²) in [5, 5.41) is 13.0. The molecule has 2 heterocycles. The number of allylic oxidation sites excluding steroid dienone is 1. The van der Waals surface area contributed by atoms with Gasteiger partial charge in [-0.2, -0.15) is 0 Å². The summed E-state index contributed by atoms with van der Waals surface area (Å²) < 4.78 is 24.0. The standard InChI is InChI=1S/C30H40O7/c1-16-13-29-11-9-10-18(3)27(5,6)21(23(29)31)12-20-15-35-28(7,8)37-25(20)30(29,33)24(16)36-26(32)22-17(2)14-34-19(22)4/h12-14,18,21,24-25,33H,9-11,15H2,1-8H3/t18-,21+,24-,25+,29+,30+/m0/s1. The number of hydrogen-bond donors (Lipinski definition) is 1. The molecule has 4 aliphatic rings. The molecule has 1 spiro atoms. The molecule has 5 rings (SSSR count).